The Bertz CT molecular complexity index is 570. The average Bonchev–Trinajstić information content (AvgIpc) is 2.48. The maximum atomic E-state index is 11.7. The van der Waals surface area contributed by atoms with Crippen molar-refractivity contribution in [2.45, 2.75) is 19.8 Å². The van der Waals surface area contributed by atoms with Crippen molar-refractivity contribution in [3.8, 4) is 16.9 Å². The second-order valence-electron chi connectivity index (χ2n) is 4.64. The van der Waals surface area contributed by atoms with Crippen molar-refractivity contribution < 1.29 is 14.6 Å². The van der Waals surface area contributed by atoms with Crippen LogP contribution in [0.1, 0.15) is 25.3 Å². The second-order valence-corrected chi connectivity index (χ2v) is 4.64. The number of phenolic OH excluding ortho intramolecular Hbond substituents is 1. The molecule has 104 valence electrons. The Morgan fingerprint density at radius 3 is 2.05 bits per heavy atom. The van der Waals surface area contributed by atoms with Crippen LogP contribution in [-0.4, -0.2) is 17.7 Å². The molecule has 0 amide bonds. The van der Waals surface area contributed by atoms with Crippen LogP contribution in [0.3, 0.4) is 0 Å². The summed E-state index contributed by atoms with van der Waals surface area (Å²) in [4.78, 5) is 11.7. The first-order valence-electron chi connectivity index (χ1n) is 6.68. The molecule has 0 aliphatic carbocycles. The van der Waals surface area contributed by atoms with Gasteiger partial charge < -0.3 is 9.84 Å². The summed E-state index contributed by atoms with van der Waals surface area (Å²) in [7, 11) is 0. The molecule has 1 N–H and O–H groups in total. The highest BCUT2D eigenvalue weighted by atomic mass is 16.5. The van der Waals surface area contributed by atoms with Crippen molar-refractivity contribution in [2.24, 2.45) is 0 Å². The Hall–Kier alpha value is -2.29. The minimum Gasteiger partial charge on any atom is -0.508 e. The van der Waals surface area contributed by atoms with E-state index in [4.69, 9.17) is 4.74 Å². The fourth-order valence-corrected chi connectivity index (χ4v) is 2.02. The third-order valence-corrected chi connectivity index (χ3v) is 3.25. The van der Waals surface area contributed by atoms with Crippen molar-refractivity contribution in [1.82, 2.24) is 0 Å². The van der Waals surface area contributed by atoms with Crippen molar-refractivity contribution >= 4 is 5.97 Å². The number of esters is 1. The average molecular weight is 270 g/mol. The molecule has 0 heterocycles. The smallest absolute Gasteiger partial charge is 0.313 e. The van der Waals surface area contributed by atoms with E-state index in [0.29, 0.717) is 6.61 Å². The van der Waals surface area contributed by atoms with E-state index in [1.165, 1.54) is 0 Å². The standard InChI is InChI=1S/C17H18O3/c1-3-20-17(19)12(2)13-4-6-14(7-5-13)15-8-10-16(18)11-9-15/h4-12,18H,3H2,1-2H3. The normalized spacial score (nSPS) is 11.9. The van der Waals surface area contributed by atoms with Crippen LogP contribution >= 0.6 is 0 Å². The van der Waals surface area contributed by atoms with Gasteiger partial charge in [-0.15, -0.1) is 0 Å². The van der Waals surface area contributed by atoms with Gasteiger partial charge in [0.05, 0.1) is 12.5 Å². The molecule has 0 saturated heterocycles. The molecule has 2 aromatic rings. The van der Waals surface area contributed by atoms with E-state index >= 15 is 0 Å². The predicted octanol–water partition coefficient (Wildman–Crippen LogP) is 3.73. The molecule has 0 aliphatic heterocycles. The van der Waals surface area contributed by atoms with Crippen molar-refractivity contribution in [1.29, 1.82) is 0 Å². The van der Waals surface area contributed by atoms with Gasteiger partial charge in [0.1, 0.15) is 5.75 Å². The zero-order chi connectivity index (χ0) is 14.5. The third kappa shape index (κ3) is 3.18. The van der Waals surface area contributed by atoms with Crippen molar-refractivity contribution in [2.75, 3.05) is 6.61 Å². The quantitative estimate of drug-likeness (QED) is 0.861. The minimum atomic E-state index is -0.260. The summed E-state index contributed by atoms with van der Waals surface area (Å²) in [5, 5.41) is 9.28. The van der Waals surface area contributed by atoms with Gasteiger partial charge in [-0.25, -0.2) is 0 Å². The number of aromatic hydroxyl groups is 1. The Morgan fingerprint density at radius 2 is 1.55 bits per heavy atom. The topological polar surface area (TPSA) is 46.5 Å². The van der Waals surface area contributed by atoms with Crippen LogP contribution in [-0.2, 0) is 9.53 Å². The van der Waals surface area contributed by atoms with Crippen LogP contribution < -0.4 is 0 Å². The van der Waals surface area contributed by atoms with E-state index in [-0.39, 0.29) is 17.6 Å². The van der Waals surface area contributed by atoms with Gasteiger partial charge in [-0.2, -0.15) is 0 Å². The number of ether oxygens (including phenoxy) is 1. The summed E-state index contributed by atoms with van der Waals surface area (Å²) in [6.07, 6.45) is 0. The van der Waals surface area contributed by atoms with Crippen LogP contribution in [0.5, 0.6) is 5.75 Å². The third-order valence-electron chi connectivity index (χ3n) is 3.25. The number of carbonyl (C=O) groups is 1. The second kappa shape index (κ2) is 6.24. The summed E-state index contributed by atoms with van der Waals surface area (Å²) in [6, 6.07) is 14.8. The lowest BCUT2D eigenvalue weighted by Gasteiger charge is -2.11. The molecule has 20 heavy (non-hydrogen) atoms. The zero-order valence-electron chi connectivity index (χ0n) is 11.7. The lowest BCUT2D eigenvalue weighted by Crippen LogP contribution is -2.12. The van der Waals surface area contributed by atoms with E-state index in [1.807, 2.05) is 43.3 Å². The number of hydrogen-bond donors (Lipinski definition) is 1. The molecule has 3 nitrogen and oxygen atoms in total. The van der Waals surface area contributed by atoms with Crippen molar-refractivity contribution in [3.05, 3.63) is 54.1 Å². The van der Waals surface area contributed by atoms with Gasteiger partial charge in [0, 0.05) is 0 Å². The fraction of sp³-hybridized carbons (Fsp3) is 0.235. The van der Waals surface area contributed by atoms with Gasteiger partial charge in [-0.1, -0.05) is 36.4 Å². The van der Waals surface area contributed by atoms with Crippen LogP contribution in [0, 0.1) is 0 Å². The molecular weight excluding hydrogens is 252 g/mol. The van der Waals surface area contributed by atoms with Gasteiger partial charge in [0.15, 0.2) is 0 Å². The highest BCUT2D eigenvalue weighted by molar-refractivity contribution is 5.78. The monoisotopic (exact) mass is 270 g/mol. The molecule has 1 unspecified atom stereocenters. The molecule has 0 fully saturated rings. The molecule has 0 radical (unpaired) electrons. The van der Waals surface area contributed by atoms with E-state index in [9.17, 15) is 9.90 Å². The SMILES string of the molecule is CCOC(=O)C(C)c1ccc(-c2ccc(O)cc2)cc1. The molecule has 1 atom stereocenters. The Labute approximate surface area is 118 Å². The number of benzene rings is 2. The Balaban J connectivity index is 2.17. The molecular formula is C17H18O3. The molecule has 3 heteroatoms. The number of hydrogen-bond acceptors (Lipinski definition) is 3. The molecule has 0 bridgehead atoms. The highest BCUT2D eigenvalue weighted by Crippen LogP contribution is 2.24. The number of rotatable bonds is 4. The Morgan fingerprint density at radius 1 is 1.05 bits per heavy atom. The first-order valence-corrected chi connectivity index (χ1v) is 6.68. The fourth-order valence-electron chi connectivity index (χ4n) is 2.02. The van der Waals surface area contributed by atoms with Gasteiger partial charge in [-0.05, 0) is 42.7 Å². The molecule has 0 aromatic heterocycles. The lowest BCUT2D eigenvalue weighted by atomic mass is 9.97. The molecule has 2 rings (SSSR count). The number of phenols is 1. The van der Waals surface area contributed by atoms with Crippen LogP contribution in [0.15, 0.2) is 48.5 Å². The van der Waals surface area contributed by atoms with Crippen LogP contribution in [0.2, 0.25) is 0 Å². The van der Waals surface area contributed by atoms with Crippen LogP contribution in [0.4, 0.5) is 0 Å². The first-order chi connectivity index (χ1) is 9.61. The number of carbonyl (C=O) groups excluding carboxylic acids is 1. The summed E-state index contributed by atoms with van der Waals surface area (Å²) in [6.45, 7) is 4.04. The lowest BCUT2D eigenvalue weighted by molar-refractivity contribution is -0.144. The van der Waals surface area contributed by atoms with Gasteiger partial charge in [0.2, 0.25) is 0 Å². The summed E-state index contributed by atoms with van der Waals surface area (Å²) in [5.74, 6) is -0.213. The minimum absolute atomic E-state index is 0.204. The molecule has 2 aromatic carbocycles. The zero-order valence-corrected chi connectivity index (χ0v) is 11.7. The Kier molecular flexibility index (Phi) is 4.41. The van der Waals surface area contributed by atoms with Gasteiger partial charge in [0.25, 0.3) is 0 Å². The van der Waals surface area contributed by atoms with Crippen molar-refractivity contribution in [3.63, 3.8) is 0 Å². The van der Waals surface area contributed by atoms with E-state index in [2.05, 4.69) is 0 Å². The summed E-state index contributed by atoms with van der Waals surface area (Å²) >= 11 is 0. The summed E-state index contributed by atoms with van der Waals surface area (Å²) < 4.78 is 5.02. The maximum Gasteiger partial charge on any atom is 0.313 e. The first kappa shape index (κ1) is 14.1. The van der Waals surface area contributed by atoms with Gasteiger partial charge >= 0.3 is 5.97 Å². The van der Waals surface area contributed by atoms with E-state index < -0.39 is 0 Å². The maximum absolute atomic E-state index is 11.7. The van der Waals surface area contributed by atoms with E-state index in [1.54, 1.807) is 19.1 Å². The molecule has 0 spiro atoms. The molecule has 0 saturated carbocycles. The molecule has 0 aliphatic rings. The largest absolute Gasteiger partial charge is 0.508 e. The predicted molar refractivity (Wildman–Crippen MR) is 78.6 cm³/mol. The summed E-state index contributed by atoms with van der Waals surface area (Å²) in [5.41, 5.74) is 3.01. The highest BCUT2D eigenvalue weighted by Gasteiger charge is 2.15. The van der Waals surface area contributed by atoms with E-state index in [0.717, 1.165) is 16.7 Å². The van der Waals surface area contributed by atoms with Crippen LogP contribution in [0.25, 0.3) is 11.1 Å². The van der Waals surface area contributed by atoms with Gasteiger partial charge in [-0.3, -0.25) is 4.79 Å².